The van der Waals surface area contributed by atoms with Crippen LogP contribution >= 0.6 is 12.4 Å². The Hall–Kier alpha value is -0.770. The molecule has 90 valence electrons. The van der Waals surface area contributed by atoms with Gasteiger partial charge in [0.25, 0.3) is 0 Å². The first-order valence-corrected chi connectivity index (χ1v) is 5.39. The second kappa shape index (κ2) is 6.09. The van der Waals surface area contributed by atoms with E-state index in [1.807, 2.05) is 12.1 Å². The number of hydrogen-bond donors (Lipinski definition) is 2. The van der Waals surface area contributed by atoms with Crippen LogP contribution in [0.1, 0.15) is 24.4 Å². The smallest absolute Gasteiger partial charge is 0.115 e. The number of nitrogens with two attached hydrogens (primary N) is 1. The lowest BCUT2D eigenvalue weighted by atomic mass is 9.88. The SMILES string of the molecule is Cl.N[C@@H](c1ccc(O)cc1)C1CCOCC1. The van der Waals surface area contributed by atoms with E-state index in [2.05, 4.69) is 0 Å². The van der Waals surface area contributed by atoms with Crippen molar-refractivity contribution in [3.8, 4) is 5.75 Å². The molecule has 2 rings (SSSR count). The fourth-order valence-corrected chi connectivity index (χ4v) is 2.04. The van der Waals surface area contributed by atoms with Gasteiger partial charge in [-0.05, 0) is 36.5 Å². The van der Waals surface area contributed by atoms with Crippen molar-refractivity contribution < 1.29 is 9.84 Å². The predicted octanol–water partition coefficient (Wildman–Crippen LogP) is 2.24. The highest BCUT2D eigenvalue weighted by Gasteiger charge is 2.21. The summed E-state index contributed by atoms with van der Waals surface area (Å²) in [5.41, 5.74) is 7.28. The number of rotatable bonds is 2. The third kappa shape index (κ3) is 3.11. The molecule has 1 aromatic rings. The molecule has 1 fully saturated rings. The Morgan fingerprint density at radius 1 is 1.19 bits per heavy atom. The van der Waals surface area contributed by atoms with Crippen molar-refractivity contribution in [2.24, 2.45) is 11.7 Å². The molecule has 1 aromatic carbocycles. The standard InChI is InChI=1S/C12H17NO2.ClH/c13-12(10-5-7-15-8-6-10)9-1-3-11(14)4-2-9;/h1-4,10,12,14H,5-8,13H2;1H/t12-;/m0./s1. The Morgan fingerprint density at radius 3 is 2.31 bits per heavy atom. The van der Waals surface area contributed by atoms with E-state index < -0.39 is 0 Å². The molecule has 1 saturated heterocycles. The monoisotopic (exact) mass is 243 g/mol. The molecule has 1 aliphatic heterocycles. The van der Waals surface area contributed by atoms with Crippen molar-refractivity contribution in [1.82, 2.24) is 0 Å². The fraction of sp³-hybridized carbons (Fsp3) is 0.500. The maximum atomic E-state index is 9.19. The summed E-state index contributed by atoms with van der Waals surface area (Å²) in [7, 11) is 0. The zero-order valence-electron chi connectivity index (χ0n) is 9.13. The van der Waals surface area contributed by atoms with Crippen LogP contribution in [0.4, 0.5) is 0 Å². The first kappa shape index (κ1) is 13.3. The van der Waals surface area contributed by atoms with Crippen LogP contribution in [0.5, 0.6) is 5.75 Å². The Bertz CT molecular complexity index is 309. The Balaban J connectivity index is 0.00000128. The molecule has 0 radical (unpaired) electrons. The minimum absolute atomic E-state index is 0. The molecule has 0 aromatic heterocycles. The van der Waals surface area contributed by atoms with Crippen LogP contribution in [0.15, 0.2) is 24.3 Å². The van der Waals surface area contributed by atoms with Gasteiger partial charge >= 0.3 is 0 Å². The van der Waals surface area contributed by atoms with Crippen LogP contribution in [0.3, 0.4) is 0 Å². The summed E-state index contributed by atoms with van der Waals surface area (Å²) in [4.78, 5) is 0. The van der Waals surface area contributed by atoms with E-state index in [1.54, 1.807) is 12.1 Å². The van der Waals surface area contributed by atoms with Crippen LogP contribution < -0.4 is 5.73 Å². The quantitative estimate of drug-likeness (QED) is 0.838. The average molecular weight is 244 g/mol. The van der Waals surface area contributed by atoms with E-state index in [-0.39, 0.29) is 24.2 Å². The number of ether oxygens (including phenoxy) is 1. The molecule has 0 unspecified atom stereocenters. The van der Waals surface area contributed by atoms with Gasteiger partial charge in [0.05, 0.1) is 0 Å². The van der Waals surface area contributed by atoms with Gasteiger partial charge in [-0.1, -0.05) is 12.1 Å². The van der Waals surface area contributed by atoms with E-state index in [9.17, 15) is 5.11 Å². The molecule has 0 amide bonds. The van der Waals surface area contributed by atoms with Gasteiger partial charge in [0.15, 0.2) is 0 Å². The molecule has 3 N–H and O–H groups in total. The third-order valence-electron chi connectivity index (χ3n) is 3.05. The number of benzene rings is 1. The molecule has 1 atom stereocenters. The molecule has 3 nitrogen and oxygen atoms in total. The van der Waals surface area contributed by atoms with E-state index in [1.165, 1.54) is 0 Å². The van der Waals surface area contributed by atoms with Gasteiger partial charge in [0.2, 0.25) is 0 Å². The summed E-state index contributed by atoms with van der Waals surface area (Å²) >= 11 is 0. The molecule has 16 heavy (non-hydrogen) atoms. The molecule has 4 heteroatoms. The summed E-state index contributed by atoms with van der Waals surface area (Å²) in [6, 6.07) is 7.24. The maximum absolute atomic E-state index is 9.19. The average Bonchev–Trinajstić information content (AvgIpc) is 2.30. The molecule has 0 spiro atoms. The normalized spacial score (nSPS) is 18.8. The van der Waals surface area contributed by atoms with Gasteiger partial charge in [-0.3, -0.25) is 0 Å². The highest BCUT2D eigenvalue weighted by Crippen LogP contribution is 2.28. The summed E-state index contributed by atoms with van der Waals surface area (Å²) in [6.45, 7) is 1.63. The highest BCUT2D eigenvalue weighted by molar-refractivity contribution is 5.85. The molecule has 0 saturated carbocycles. The molecule has 1 aliphatic rings. The summed E-state index contributed by atoms with van der Waals surface area (Å²) in [6.07, 6.45) is 2.06. The molecule has 0 aliphatic carbocycles. The van der Waals surface area contributed by atoms with E-state index in [0.717, 1.165) is 31.6 Å². The Kier molecular flexibility index (Phi) is 5.06. The zero-order chi connectivity index (χ0) is 10.7. The van der Waals surface area contributed by atoms with Gasteiger partial charge in [-0.15, -0.1) is 12.4 Å². The van der Waals surface area contributed by atoms with Crippen LogP contribution in [-0.2, 0) is 4.74 Å². The van der Waals surface area contributed by atoms with Crippen molar-refractivity contribution in [2.45, 2.75) is 18.9 Å². The van der Waals surface area contributed by atoms with E-state index >= 15 is 0 Å². The van der Waals surface area contributed by atoms with Crippen molar-refractivity contribution in [2.75, 3.05) is 13.2 Å². The zero-order valence-corrected chi connectivity index (χ0v) is 9.95. The summed E-state index contributed by atoms with van der Waals surface area (Å²) < 4.78 is 5.31. The number of phenolic OH excluding ortho intramolecular Hbond substituents is 1. The second-order valence-corrected chi connectivity index (χ2v) is 4.07. The minimum Gasteiger partial charge on any atom is -0.508 e. The van der Waals surface area contributed by atoms with Gasteiger partial charge in [-0.2, -0.15) is 0 Å². The third-order valence-corrected chi connectivity index (χ3v) is 3.05. The van der Waals surface area contributed by atoms with E-state index in [4.69, 9.17) is 10.5 Å². The number of hydrogen-bond acceptors (Lipinski definition) is 3. The lowest BCUT2D eigenvalue weighted by molar-refractivity contribution is 0.0584. The molecule has 1 heterocycles. The fourth-order valence-electron chi connectivity index (χ4n) is 2.04. The minimum atomic E-state index is 0. The Morgan fingerprint density at radius 2 is 1.75 bits per heavy atom. The maximum Gasteiger partial charge on any atom is 0.115 e. The largest absolute Gasteiger partial charge is 0.508 e. The molecular weight excluding hydrogens is 226 g/mol. The van der Waals surface area contributed by atoms with Crippen molar-refractivity contribution in [3.63, 3.8) is 0 Å². The highest BCUT2D eigenvalue weighted by atomic mass is 35.5. The van der Waals surface area contributed by atoms with E-state index in [0.29, 0.717) is 5.92 Å². The van der Waals surface area contributed by atoms with Crippen LogP contribution in [0.2, 0.25) is 0 Å². The first-order chi connectivity index (χ1) is 7.27. The number of phenols is 1. The van der Waals surface area contributed by atoms with Gasteiger partial charge in [0.1, 0.15) is 5.75 Å². The molecule has 0 bridgehead atoms. The van der Waals surface area contributed by atoms with Crippen molar-refractivity contribution >= 4 is 12.4 Å². The van der Waals surface area contributed by atoms with Gasteiger partial charge in [-0.25, -0.2) is 0 Å². The first-order valence-electron chi connectivity index (χ1n) is 5.39. The number of aromatic hydroxyl groups is 1. The van der Waals surface area contributed by atoms with Gasteiger partial charge in [0, 0.05) is 19.3 Å². The lowest BCUT2D eigenvalue weighted by Crippen LogP contribution is -2.27. The summed E-state index contributed by atoms with van der Waals surface area (Å²) in [5, 5.41) is 9.19. The van der Waals surface area contributed by atoms with Gasteiger partial charge < -0.3 is 15.6 Å². The van der Waals surface area contributed by atoms with Crippen molar-refractivity contribution in [3.05, 3.63) is 29.8 Å². The second-order valence-electron chi connectivity index (χ2n) is 4.07. The van der Waals surface area contributed by atoms with Crippen LogP contribution in [0.25, 0.3) is 0 Å². The van der Waals surface area contributed by atoms with Crippen molar-refractivity contribution in [1.29, 1.82) is 0 Å². The predicted molar refractivity (Wildman–Crippen MR) is 65.8 cm³/mol. The van der Waals surface area contributed by atoms with Crippen LogP contribution in [0, 0.1) is 5.92 Å². The molecular formula is C12H18ClNO2. The topological polar surface area (TPSA) is 55.5 Å². The van der Waals surface area contributed by atoms with Crippen LogP contribution in [-0.4, -0.2) is 18.3 Å². The Labute approximate surface area is 102 Å². The number of halogens is 1. The summed E-state index contributed by atoms with van der Waals surface area (Å²) in [5.74, 6) is 0.793. The lowest BCUT2D eigenvalue weighted by Gasteiger charge is -2.27.